The first kappa shape index (κ1) is 16.4. The van der Waals surface area contributed by atoms with E-state index < -0.39 is 23.7 Å². The Bertz CT molecular complexity index is 424. The van der Waals surface area contributed by atoms with Crippen LogP contribution in [0, 0.1) is 17.8 Å². The molecule has 1 aliphatic carbocycles. The van der Waals surface area contributed by atoms with Crippen molar-refractivity contribution in [3.05, 3.63) is 11.6 Å². The maximum absolute atomic E-state index is 12.1. The molecule has 0 aromatic rings. The van der Waals surface area contributed by atoms with Gasteiger partial charge in [-0.1, -0.05) is 18.9 Å². The Morgan fingerprint density at radius 1 is 1.05 bits per heavy atom. The Kier molecular flexibility index (Phi) is 5.92. The summed E-state index contributed by atoms with van der Waals surface area (Å²) in [4.78, 5) is 36.2. The molecule has 112 valence electrons. The van der Waals surface area contributed by atoms with Crippen LogP contribution in [0.2, 0.25) is 0 Å². The first-order valence-electron chi connectivity index (χ1n) is 7.03. The van der Waals surface area contributed by atoms with Crippen LogP contribution in [0.5, 0.6) is 0 Å². The Balaban J connectivity index is 3.12. The molecule has 0 saturated heterocycles. The number of carbonyl (C=O) groups is 3. The van der Waals surface area contributed by atoms with Crippen LogP contribution in [0.25, 0.3) is 0 Å². The van der Waals surface area contributed by atoms with Crippen molar-refractivity contribution in [2.24, 2.45) is 17.8 Å². The molecule has 0 aromatic heterocycles. The zero-order valence-corrected chi connectivity index (χ0v) is 12.5. The van der Waals surface area contributed by atoms with Gasteiger partial charge in [-0.05, 0) is 32.8 Å². The van der Waals surface area contributed by atoms with E-state index in [4.69, 9.17) is 9.47 Å². The van der Waals surface area contributed by atoms with Gasteiger partial charge in [0.05, 0.1) is 19.1 Å². The quantitative estimate of drug-likeness (QED) is 0.569. The van der Waals surface area contributed by atoms with Crippen molar-refractivity contribution in [2.75, 3.05) is 13.2 Å². The number of hydrogen-bond donors (Lipinski definition) is 0. The number of allylic oxidation sites excluding steroid dienone is 1. The van der Waals surface area contributed by atoms with Gasteiger partial charge >= 0.3 is 11.9 Å². The summed E-state index contributed by atoms with van der Waals surface area (Å²) in [5.74, 6) is -3.07. The number of ketones is 1. The van der Waals surface area contributed by atoms with Crippen molar-refractivity contribution in [2.45, 2.75) is 34.1 Å². The highest BCUT2D eigenvalue weighted by Crippen LogP contribution is 2.37. The van der Waals surface area contributed by atoms with Crippen molar-refractivity contribution in [1.29, 1.82) is 0 Å². The van der Waals surface area contributed by atoms with Crippen LogP contribution in [0.3, 0.4) is 0 Å². The standard InChI is InChI=1S/C15H22O5/c1-5-10-12(14(17)19-6-2)9(4)8-11(16)13(10)15(18)20-7-3/h8,10,12-13H,5-7H2,1-4H3/t10-,12+,13-/m0/s1. The summed E-state index contributed by atoms with van der Waals surface area (Å²) in [6.45, 7) is 7.49. The lowest BCUT2D eigenvalue weighted by molar-refractivity contribution is -0.157. The van der Waals surface area contributed by atoms with Gasteiger partial charge in [0, 0.05) is 0 Å². The topological polar surface area (TPSA) is 69.7 Å². The van der Waals surface area contributed by atoms with Gasteiger partial charge in [0.2, 0.25) is 0 Å². The summed E-state index contributed by atoms with van der Waals surface area (Å²) in [6, 6.07) is 0. The molecule has 0 unspecified atom stereocenters. The zero-order chi connectivity index (χ0) is 15.3. The van der Waals surface area contributed by atoms with Gasteiger partial charge < -0.3 is 9.47 Å². The second-order valence-corrected chi connectivity index (χ2v) is 4.82. The van der Waals surface area contributed by atoms with E-state index in [9.17, 15) is 14.4 Å². The number of carbonyl (C=O) groups excluding carboxylic acids is 3. The molecule has 5 heteroatoms. The molecule has 0 amide bonds. The lowest BCUT2D eigenvalue weighted by Gasteiger charge is -2.33. The molecule has 0 saturated carbocycles. The van der Waals surface area contributed by atoms with Crippen molar-refractivity contribution < 1.29 is 23.9 Å². The second kappa shape index (κ2) is 7.22. The summed E-state index contributed by atoms with van der Waals surface area (Å²) >= 11 is 0. The Morgan fingerprint density at radius 3 is 2.00 bits per heavy atom. The maximum atomic E-state index is 12.1. The number of esters is 2. The average molecular weight is 282 g/mol. The van der Waals surface area contributed by atoms with E-state index in [0.717, 1.165) is 0 Å². The van der Waals surface area contributed by atoms with Gasteiger partial charge in [-0.15, -0.1) is 0 Å². The van der Waals surface area contributed by atoms with Gasteiger partial charge in [-0.3, -0.25) is 14.4 Å². The highest BCUT2D eigenvalue weighted by molar-refractivity contribution is 6.07. The molecule has 1 aliphatic rings. The van der Waals surface area contributed by atoms with Crippen LogP contribution in [0.4, 0.5) is 0 Å². The van der Waals surface area contributed by atoms with E-state index >= 15 is 0 Å². The van der Waals surface area contributed by atoms with Crippen LogP contribution in [-0.2, 0) is 23.9 Å². The normalized spacial score (nSPS) is 25.9. The molecule has 0 radical (unpaired) electrons. The van der Waals surface area contributed by atoms with Crippen molar-refractivity contribution in [1.82, 2.24) is 0 Å². The van der Waals surface area contributed by atoms with Crippen molar-refractivity contribution in [3.8, 4) is 0 Å². The fourth-order valence-electron chi connectivity index (χ4n) is 2.73. The van der Waals surface area contributed by atoms with E-state index in [-0.39, 0.29) is 25.0 Å². The third-order valence-electron chi connectivity index (χ3n) is 3.58. The summed E-state index contributed by atoms with van der Waals surface area (Å²) in [5.41, 5.74) is 0.654. The van der Waals surface area contributed by atoms with Crippen LogP contribution in [0.15, 0.2) is 11.6 Å². The summed E-state index contributed by atoms with van der Waals surface area (Å²) in [6.07, 6.45) is 1.90. The molecular weight excluding hydrogens is 260 g/mol. The largest absolute Gasteiger partial charge is 0.466 e. The van der Waals surface area contributed by atoms with Crippen LogP contribution >= 0.6 is 0 Å². The molecule has 0 aromatic carbocycles. The molecular formula is C15H22O5. The number of ether oxygens (including phenoxy) is 2. The van der Waals surface area contributed by atoms with Gasteiger partial charge in [0.25, 0.3) is 0 Å². The molecule has 5 nitrogen and oxygen atoms in total. The molecule has 1 rings (SSSR count). The van der Waals surface area contributed by atoms with Gasteiger partial charge in [-0.25, -0.2) is 0 Å². The zero-order valence-electron chi connectivity index (χ0n) is 12.5. The molecule has 3 atom stereocenters. The average Bonchev–Trinajstić information content (AvgIpc) is 2.37. The highest BCUT2D eigenvalue weighted by Gasteiger charge is 2.45. The van der Waals surface area contributed by atoms with Crippen LogP contribution in [0.1, 0.15) is 34.1 Å². The first-order valence-corrected chi connectivity index (χ1v) is 7.03. The number of hydrogen-bond acceptors (Lipinski definition) is 5. The van der Waals surface area contributed by atoms with E-state index in [1.165, 1.54) is 6.08 Å². The van der Waals surface area contributed by atoms with Gasteiger partial charge in [0.1, 0.15) is 5.92 Å². The fraction of sp³-hybridized carbons (Fsp3) is 0.667. The fourth-order valence-corrected chi connectivity index (χ4v) is 2.73. The third kappa shape index (κ3) is 3.26. The SMILES string of the molecule is CCOC(=O)[C@@H]1C(C)=CC(=O)[C@@H](C(=O)OCC)[C@H]1CC. The van der Waals surface area contributed by atoms with Crippen LogP contribution in [-0.4, -0.2) is 30.9 Å². The minimum absolute atomic E-state index is 0.214. The number of rotatable bonds is 5. The van der Waals surface area contributed by atoms with Crippen molar-refractivity contribution >= 4 is 17.7 Å². The van der Waals surface area contributed by atoms with E-state index in [1.54, 1.807) is 20.8 Å². The maximum Gasteiger partial charge on any atom is 0.317 e. The lowest BCUT2D eigenvalue weighted by atomic mass is 9.70. The van der Waals surface area contributed by atoms with Crippen LogP contribution < -0.4 is 0 Å². The molecule has 0 aliphatic heterocycles. The van der Waals surface area contributed by atoms with E-state index in [0.29, 0.717) is 12.0 Å². The van der Waals surface area contributed by atoms with E-state index in [1.807, 2.05) is 6.92 Å². The van der Waals surface area contributed by atoms with Gasteiger partial charge in [-0.2, -0.15) is 0 Å². The highest BCUT2D eigenvalue weighted by atomic mass is 16.5. The summed E-state index contributed by atoms with van der Waals surface area (Å²) in [5, 5.41) is 0. The Labute approximate surface area is 119 Å². The van der Waals surface area contributed by atoms with Gasteiger partial charge in [0.15, 0.2) is 5.78 Å². The minimum Gasteiger partial charge on any atom is -0.466 e. The van der Waals surface area contributed by atoms with Crippen molar-refractivity contribution in [3.63, 3.8) is 0 Å². The predicted molar refractivity (Wildman–Crippen MR) is 72.8 cm³/mol. The third-order valence-corrected chi connectivity index (χ3v) is 3.58. The Morgan fingerprint density at radius 2 is 1.55 bits per heavy atom. The summed E-state index contributed by atoms with van der Waals surface area (Å²) in [7, 11) is 0. The molecule has 0 fully saturated rings. The molecule has 0 bridgehead atoms. The summed E-state index contributed by atoms with van der Waals surface area (Å²) < 4.78 is 10.0. The molecule has 20 heavy (non-hydrogen) atoms. The molecule has 0 N–H and O–H groups in total. The predicted octanol–water partition coefficient (Wildman–Crippen LogP) is 1.90. The first-order chi connectivity index (χ1) is 9.47. The second-order valence-electron chi connectivity index (χ2n) is 4.82. The molecule has 0 heterocycles. The minimum atomic E-state index is -0.905. The Hall–Kier alpha value is -1.65. The molecule has 0 spiro atoms. The monoisotopic (exact) mass is 282 g/mol. The smallest absolute Gasteiger partial charge is 0.317 e. The lowest BCUT2D eigenvalue weighted by Crippen LogP contribution is -2.43. The van der Waals surface area contributed by atoms with E-state index in [2.05, 4.69) is 0 Å².